The molecule has 1 N–H and O–H groups in total. The van der Waals surface area contributed by atoms with Gasteiger partial charge in [0.15, 0.2) is 0 Å². The van der Waals surface area contributed by atoms with Gasteiger partial charge in [-0.25, -0.2) is 0 Å². The summed E-state index contributed by atoms with van der Waals surface area (Å²) in [6.45, 7) is 3.48. The summed E-state index contributed by atoms with van der Waals surface area (Å²) < 4.78 is 0. The van der Waals surface area contributed by atoms with Crippen LogP contribution in [0.2, 0.25) is 0 Å². The van der Waals surface area contributed by atoms with E-state index in [-0.39, 0.29) is 0 Å². The maximum Gasteiger partial charge on any atom is 0.00453 e. The van der Waals surface area contributed by atoms with Gasteiger partial charge in [-0.2, -0.15) is 0 Å². The van der Waals surface area contributed by atoms with Crippen molar-refractivity contribution in [3.63, 3.8) is 0 Å². The van der Waals surface area contributed by atoms with Gasteiger partial charge >= 0.3 is 0 Å². The van der Waals surface area contributed by atoms with Crippen molar-refractivity contribution in [3.8, 4) is 0 Å². The van der Waals surface area contributed by atoms with Crippen LogP contribution in [0.3, 0.4) is 0 Å². The molecule has 0 fully saturated rings. The highest BCUT2D eigenvalue weighted by Gasteiger charge is 2.02. The average molecular weight is 197 g/mol. The highest BCUT2D eigenvalue weighted by molar-refractivity contribution is 7.09. The molecule has 2 heteroatoms. The molecular weight excluding hydrogens is 178 g/mol. The summed E-state index contributed by atoms with van der Waals surface area (Å²) in [4.78, 5) is 1.52. The van der Waals surface area contributed by atoms with Crippen LogP contribution in [-0.2, 0) is 6.42 Å². The molecule has 1 atom stereocenters. The van der Waals surface area contributed by atoms with E-state index in [0.29, 0.717) is 0 Å². The van der Waals surface area contributed by atoms with Crippen LogP contribution in [0, 0.1) is 5.92 Å². The van der Waals surface area contributed by atoms with Gasteiger partial charge in [-0.1, -0.05) is 13.0 Å². The van der Waals surface area contributed by atoms with Gasteiger partial charge in [0.05, 0.1) is 0 Å². The van der Waals surface area contributed by atoms with E-state index < -0.39 is 0 Å². The van der Waals surface area contributed by atoms with E-state index in [2.05, 4.69) is 29.8 Å². The molecule has 0 spiro atoms. The third kappa shape index (κ3) is 4.44. The Bertz CT molecular complexity index is 206. The van der Waals surface area contributed by atoms with Crippen LogP contribution < -0.4 is 5.32 Å². The molecule has 0 aliphatic heterocycles. The van der Waals surface area contributed by atoms with E-state index in [1.807, 2.05) is 18.4 Å². The van der Waals surface area contributed by atoms with E-state index in [9.17, 15) is 0 Å². The van der Waals surface area contributed by atoms with E-state index in [1.165, 1.54) is 24.1 Å². The molecule has 0 bridgehead atoms. The zero-order valence-corrected chi connectivity index (χ0v) is 9.36. The Morgan fingerprint density at radius 2 is 2.31 bits per heavy atom. The van der Waals surface area contributed by atoms with Crippen LogP contribution in [-0.4, -0.2) is 13.6 Å². The Kier molecular flexibility index (Phi) is 5.09. The Hall–Kier alpha value is -0.340. The maximum absolute atomic E-state index is 3.19. The number of hydrogen-bond donors (Lipinski definition) is 1. The standard InChI is InChI=1S/C11H19NS/c1-10(7-8-12-2)5-6-11-4-3-9-13-11/h3-4,9-10,12H,5-8H2,1-2H3. The first-order chi connectivity index (χ1) is 6.33. The van der Waals surface area contributed by atoms with E-state index in [0.717, 1.165) is 12.5 Å². The van der Waals surface area contributed by atoms with Crippen LogP contribution in [0.25, 0.3) is 0 Å². The number of thiophene rings is 1. The summed E-state index contributed by atoms with van der Waals surface area (Å²) in [6, 6.07) is 4.37. The highest BCUT2D eigenvalue weighted by Crippen LogP contribution is 2.15. The van der Waals surface area contributed by atoms with Crippen molar-refractivity contribution in [3.05, 3.63) is 22.4 Å². The topological polar surface area (TPSA) is 12.0 Å². The average Bonchev–Trinajstić information content (AvgIpc) is 2.64. The first-order valence-electron chi connectivity index (χ1n) is 5.00. The van der Waals surface area contributed by atoms with Gasteiger partial charge < -0.3 is 5.32 Å². The number of aryl methyl sites for hydroxylation is 1. The molecule has 0 saturated heterocycles. The van der Waals surface area contributed by atoms with Crippen molar-refractivity contribution in [1.82, 2.24) is 5.32 Å². The molecule has 1 unspecified atom stereocenters. The largest absolute Gasteiger partial charge is 0.320 e. The predicted octanol–water partition coefficient (Wildman–Crippen LogP) is 2.93. The minimum Gasteiger partial charge on any atom is -0.320 e. The first kappa shape index (κ1) is 10.7. The first-order valence-corrected chi connectivity index (χ1v) is 5.88. The summed E-state index contributed by atoms with van der Waals surface area (Å²) in [5.74, 6) is 0.842. The normalized spacial score (nSPS) is 13.1. The number of rotatable bonds is 6. The van der Waals surface area contributed by atoms with Gasteiger partial charge in [0.2, 0.25) is 0 Å². The monoisotopic (exact) mass is 197 g/mol. The lowest BCUT2D eigenvalue weighted by Gasteiger charge is -2.09. The lowest BCUT2D eigenvalue weighted by Crippen LogP contribution is -2.11. The zero-order valence-electron chi connectivity index (χ0n) is 8.55. The van der Waals surface area contributed by atoms with Crippen molar-refractivity contribution in [1.29, 1.82) is 0 Å². The molecular formula is C11H19NS. The fraction of sp³-hybridized carbons (Fsp3) is 0.636. The van der Waals surface area contributed by atoms with Gasteiger partial charge in [-0.05, 0) is 50.2 Å². The molecule has 1 aromatic heterocycles. The van der Waals surface area contributed by atoms with E-state index in [1.54, 1.807) is 0 Å². The minimum atomic E-state index is 0.842. The van der Waals surface area contributed by atoms with Gasteiger partial charge in [-0.15, -0.1) is 11.3 Å². The van der Waals surface area contributed by atoms with E-state index >= 15 is 0 Å². The Balaban J connectivity index is 2.11. The van der Waals surface area contributed by atoms with Gasteiger partial charge in [0, 0.05) is 4.88 Å². The Morgan fingerprint density at radius 3 is 2.92 bits per heavy atom. The van der Waals surface area contributed by atoms with Gasteiger partial charge in [0.1, 0.15) is 0 Å². The van der Waals surface area contributed by atoms with Crippen molar-refractivity contribution < 1.29 is 0 Å². The van der Waals surface area contributed by atoms with Crippen LogP contribution >= 0.6 is 11.3 Å². The van der Waals surface area contributed by atoms with E-state index in [4.69, 9.17) is 0 Å². The molecule has 0 saturated carbocycles. The highest BCUT2D eigenvalue weighted by atomic mass is 32.1. The lowest BCUT2D eigenvalue weighted by atomic mass is 10.0. The second-order valence-corrected chi connectivity index (χ2v) is 4.65. The quantitative estimate of drug-likeness (QED) is 0.739. The molecule has 74 valence electrons. The summed E-state index contributed by atoms with van der Waals surface area (Å²) in [5, 5.41) is 5.35. The van der Waals surface area contributed by atoms with Crippen LogP contribution in [0.1, 0.15) is 24.6 Å². The molecule has 1 heterocycles. The second kappa shape index (κ2) is 6.17. The lowest BCUT2D eigenvalue weighted by molar-refractivity contribution is 0.483. The van der Waals surface area contributed by atoms with Gasteiger partial charge in [0.25, 0.3) is 0 Å². The van der Waals surface area contributed by atoms with Crippen LogP contribution in [0.15, 0.2) is 17.5 Å². The minimum absolute atomic E-state index is 0.842. The second-order valence-electron chi connectivity index (χ2n) is 3.62. The van der Waals surface area contributed by atoms with Crippen molar-refractivity contribution in [2.75, 3.05) is 13.6 Å². The summed E-state index contributed by atoms with van der Waals surface area (Å²) in [7, 11) is 2.02. The molecule has 0 aromatic carbocycles. The number of hydrogen-bond acceptors (Lipinski definition) is 2. The smallest absolute Gasteiger partial charge is 0.00453 e. The predicted molar refractivity (Wildman–Crippen MR) is 60.3 cm³/mol. The molecule has 1 aromatic rings. The Labute approximate surface area is 85.2 Å². The SMILES string of the molecule is CNCCC(C)CCc1cccs1. The fourth-order valence-corrected chi connectivity index (χ4v) is 2.10. The van der Waals surface area contributed by atoms with Crippen LogP contribution in [0.5, 0.6) is 0 Å². The molecule has 1 nitrogen and oxygen atoms in total. The molecule has 0 aliphatic carbocycles. The zero-order chi connectivity index (χ0) is 9.52. The van der Waals surface area contributed by atoms with Crippen LogP contribution in [0.4, 0.5) is 0 Å². The summed E-state index contributed by atoms with van der Waals surface area (Å²) >= 11 is 1.87. The third-order valence-electron chi connectivity index (χ3n) is 2.35. The summed E-state index contributed by atoms with van der Waals surface area (Å²) in [6.07, 6.45) is 3.87. The molecule has 0 aliphatic rings. The van der Waals surface area contributed by atoms with Gasteiger partial charge in [-0.3, -0.25) is 0 Å². The summed E-state index contributed by atoms with van der Waals surface area (Å²) in [5.41, 5.74) is 0. The third-order valence-corrected chi connectivity index (χ3v) is 3.29. The fourth-order valence-electron chi connectivity index (χ4n) is 1.38. The molecule has 0 radical (unpaired) electrons. The van der Waals surface area contributed by atoms with Crippen molar-refractivity contribution in [2.45, 2.75) is 26.2 Å². The molecule has 1 rings (SSSR count). The molecule has 0 amide bonds. The number of nitrogens with one attached hydrogen (secondary N) is 1. The maximum atomic E-state index is 3.19. The van der Waals surface area contributed by atoms with Crippen molar-refractivity contribution in [2.24, 2.45) is 5.92 Å². The molecule has 13 heavy (non-hydrogen) atoms. The Morgan fingerprint density at radius 1 is 1.46 bits per heavy atom. The van der Waals surface area contributed by atoms with Crippen molar-refractivity contribution >= 4 is 11.3 Å².